The van der Waals surface area contributed by atoms with E-state index in [1.165, 1.54) is 0 Å². The molecule has 0 aliphatic heterocycles. The third kappa shape index (κ3) is 3.86. The second kappa shape index (κ2) is 5.87. The van der Waals surface area contributed by atoms with Crippen molar-refractivity contribution in [1.82, 2.24) is 10.9 Å². The minimum Gasteiger partial charge on any atom is -0.496 e. The van der Waals surface area contributed by atoms with Crippen LogP contribution in [0.1, 0.15) is 5.56 Å². The van der Waals surface area contributed by atoms with Crippen molar-refractivity contribution >= 4 is 5.96 Å². The van der Waals surface area contributed by atoms with Crippen LogP contribution < -0.4 is 21.3 Å². The van der Waals surface area contributed by atoms with Gasteiger partial charge in [0.2, 0.25) is 0 Å². The number of nitrogens with one attached hydrogen (secondary N) is 3. The molecule has 0 atom stereocenters. The Morgan fingerprint density at radius 2 is 2.20 bits per heavy atom. The highest BCUT2D eigenvalue weighted by Crippen LogP contribution is 2.16. The lowest BCUT2D eigenvalue weighted by Crippen LogP contribution is -2.42. The van der Waals surface area contributed by atoms with E-state index >= 15 is 0 Å². The second-order valence-corrected chi connectivity index (χ2v) is 3.03. The maximum atomic E-state index is 6.94. The van der Waals surface area contributed by atoms with Gasteiger partial charge in [0.05, 0.1) is 7.11 Å². The van der Waals surface area contributed by atoms with Crippen LogP contribution in [0.15, 0.2) is 24.3 Å². The molecular weight excluding hydrogens is 192 g/mol. The molecule has 0 saturated carbocycles. The van der Waals surface area contributed by atoms with Crippen LogP contribution in [0.2, 0.25) is 0 Å². The predicted molar refractivity (Wildman–Crippen MR) is 59.8 cm³/mol. The van der Waals surface area contributed by atoms with Gasteiger partial charge >= 0.3 is 0 Å². The van der Waals surface area contributed by atoms with Crippen LogP contribution in [0.3, 0.4) is 0 Å². The fourth-order valence-corrected chi connectivity index (χ4v) is 1.26. The lowest BCUT2D eigenvalue weighted by Gasteiger charge is -2.09. The van der Waals surface area contributed by atoms with Gasteiger partial charge in [0, 0.05) is 6.54 Å². The Morgan fingerprint density at radius 1 is 1.47 bits per heavy atom. The lowest BCUT2D eigenvalue weighted by molar-refractivity contribution is 0.409. The molecule has 5 N–H and O–H groups in total. The van der Waals surface area contributed by atoms with E-state index in [2.05, 4.69) is 10.9 Å². The Balaban J connectivity index is 2.39. The van der Waals surface area contributed by atoms with Crippen molar-refractivity contribution in [2.45, 2.75) is 6.42 Å². The van der Waals surface area contributed by atoms with E-state index in [-0.39, 0.29) is 5.96 Å². The number of para-hydroxylation sites is 1. The summed E-state index contributed by atoms with van der Waals surface area (Å²) in [5, 5.41) is 6.94. The van der Waals surface area contributed by atoms with Crippen LogP contribution in [0.4, 0.5) is 0 Å². The van der Waals surface area contributed by atoms with Crippen LogP contribution in [0.5, 0.6) is 5.75 Å². The van der Waals surface area contributed by atoms with Gasteiger partial charge in [0.1, 0.15) is 5.75 Å². The number of hydrogen-bond acceptors (Lipinski definition) is 3. The summed E-state index contributed by atoms with van der Waals surface area (Å²) >= 11 is 0. The molecule has 0 aliphatic rings. The van der Waals surface area contributed by atoms with Crippen molar-refractivity contribution in [3.05, 3.63) is 29.8 Å². The van der Waals surface area contributed by atoms with E-state index in [0.29, 0.717) is 6.54 Å². The lowest BCUT2D eigenvalue weighted by atomic mass is 10.1. The molecule has 1 aromatic rings. The molecule has 0 unspecified atom stereocenters. The average Bonchev–Trinajstić information content (AvgIpc) is 2.24. The summed E-state index contributed by atoms with van der Waals surface area (Å²) in [4.78, 5) is 0. The van der Waals surface area contributed by atoms with Gasteiger partial charge in [-0.1, -0.05) is 18.2 Å². The zero-order valence-electron chi connectivity index (χ0n) is 8.71. The SMILES string of the molecule is COc1ccccc1CCNNC(=N)N. The van der Waals surface area contributed by atoms with Crippen LogP contribution >= 0.6 is 0 Å². The Morgan fingerprint density at radius 3 is 2.87 bits per heavy atom. The standard InChI is InChI=1S/C10H16N4O/c1-15-9-5-3-2-4-8(9)6-7-13-14-10(11)12/h2-5,13H,6-7H2,1H3,(H4,11,12,14). The molecule has 15 heavy (non-hydrogen) atoms. The molecule has 0 saturated heterocycles. The van der Waals surface area contributed by atoms with Crippen molar-refractivity contribution in [2.75, 3.05) is 13.7 Å². The Labute approximate surface area is 89.1 Å². The number of rotatable bonds is 5. The van der Waals surface area contributed by atoms with Crippen molar-refractivity contribution < 1.29 is 4.74 Å². The number of nitrogens with two attached hydrogens (primary N) is 1. The van der Waals surface area contributed by atoms with E-state index in [1.807, 2.05) is 24.3 Å². The summed E-state index contributed by atoms with van der Waals surface area (Å²) in [5.74, 6) is 0.789. The van der Waals surface area contributed by atoms with E-state index in [4.69, 9.17) is 15.9 Å². The zero-order valence-corrected chi connectivity index (χ0v) is 8.71. The molecule has 0 radical (unpaired) electrons. The molecule has 0 fully saturated rings. The first-order valence-corrected chi connectivity index (χ1v) is 4.69. The molecule has 5 heteroatoms. The first-order chi connectivity index (χ1) is 7.24. The normalized spacial score (nSPS) is 9.67. The monoisotopic (exact) mass is 208 g/mol. The Kier molecular flexibility index (Phi) is 4.43. The van der Waals surface area contributed by atoms with Crippen molar-refractivity contribution in [3.8, 4) is 5.75 Å². The van der Waals surface area contributed by atoms with Crippen LogP contribution in [0, 0.1) is 5.41 Å². The largest absolute Gasteiger partial charge is 0.496 e. The van der Waals surface area contributed by atoms with E-state index in [9.17, 15) is 0 Å². The third-order valence-corrected chi connectivity index (χ3v) is 1.93. The maximum Gasteiger partial charge on any atom is 0.200 e. The van der Waals surface area contributed by atoms with E-state index < -0.39 is 0 Å². The number of ether oxygens (including phenoxy) is 1. The van der Waals surface area contributed by atoms with Crippen molar-refractivity contribution in [3.63, 3.8) is 0 Å². The van der Waals surface area contributed by atoms with E-state index in [1.54, 1.807) is 7.11 Å². The Hall–Kier alpha value is -1.75. The molecule has 0 spiro atoms. The van der Waals surface area contributed by atoms with Crippen molar-refractivity contribution in [2.24, 2.45) is 5.73 Å². The molecule has 0 bridgehead atoms. The fraction of sp³-hybridized carbons (Fsp3) is 0.300. The molecular formula is C10H16N4O. The summed E-state index contributed by atoms with van der Waals surface area (Å²) < 4.78 is 5.21. The molecule has 1 aromatic carbocycles. The summed E-state index contributed by atoms with van der Waals surface area (Å²) in [6.45, 7) is 0.681. The summed E-state index contributed by atoms with van der Waals surface area (Å²) in [6.07, 6.45) is 0.810. The van der Waals surface area contributed by atoms with Gasteiger partial charge in [-0.25, -0.2) is 5.43 Å². The smallest absolute Gasteiger partial charge is 0.200 e. The zero-order chi connectivity index (χ0) is 11.1. The van der Waals surface area contributed by atoms with Gasteiger partial charge in [-0.3, -0.25) is 10.8 Å². The molecule has 5 nitrogen and oxygen atoms in total. The molecule has 1 rings (SSSR count). The highest BCUT2D eigenvalue weighted by Gasteiger charge is 2.00. The van der Waals surface area contributed by atoms with Crippen LogP contribution in [-0.4, -0.2) is 19.6 Å². The molecule has 0 aromatic heterocycles. The minimum atomic E-state index is -0.0879. The highest BCUT2D eigenvalue weighted by molar-refractivity contribution is 5.73. The molecule has 0 heterocycles. The summed E-state index contributed by atoms with van der Waals surface area (Å²) in [5.41, 5.74) is 11.6. The van der Waals surface area contributed by atoms with Gasteiger partial charge in [-0.15, -0.1) is 0 Å². The number of hydrogen-bond donors (Lipinski definition) is 4. The first kappa shape index (κ1) is 11.3. The Bertz CT molecular complexity index is 327. The predicted octanol–water partition coefficient (Wildman–Crippen LogP) is 0.225. The molecule has 0 aliphatic carbocycles. The van der Waals surface area contributed by atoms with Gasteiger partial charge in [-0.2, -0.15) is 0 Å². The summed E-state index contributed by atoms with van der Waals surface area (Å²) in [7, 11) is 1.65. The number of benzene rings is 1. The average molecular weight is 208 g/mol. The first-order valence-electron chi connectivity index (χ1n) is 4.69. The fourth-order valence-electron chi connectivity index (χ4n) is 1.26. The quantitative estimate of drug-likeness (QED) is 0.241. The maximum absolute atomic E-state index is 6.94. The van der Waals surface area contributed by atoms with Gasteiger partial charge < -0.3 is 10.5 Å². The van der Waals surface area contributed by atoms with Gasteiger partial charge in [0.15, 0.2) is 5.96 Å². The summed E-state index contributed by atoms with van der Waals surface area (Å²) in [6, 6.07) is 7.84. The molecule has 82 valence electrons. The van der Waals surface area contributed by atoms with Crippen LogP contribution in [0.25, 0.3) is 0 Å². The van der Waals surface area contributed by atoms with E-state index in [0.717, 1.165) is 17.7 Å². The van der Waals surface area contributed by atoms with Crippen LogP contribution in [-0.2, 0) is 6.42 Å². The van der Waals surface area contributed by atoms with Crippen molar-refractivity contribution in [1.29, 1.82) is 5.41 Å². The molecule has 0 amide bonds. The third-order valence-electron chi connectivity index (χ3n) is 1.93. The number of methoxy groups -OCH3 is 1. The topological polar surface area (TPSA) is 83.2 Å². The minimum absolute atomic E-state index is 0.0879. The highest BCUT2D eigenvalue weighted by atomic mass is 16.5. The van der Waals surface area contributed by atoms with Gasteiger partial charge in [-0.05, 0) is 18.1 Å². The van der Waals surface area contributed by atoms with Gasteiger partial charge in [0.25, 0.3) is 0 Å². The number of hydrazine groups is 1. The second-order valence-electron chi connectivity index (χ2n) is 3.03. The number of guanidine groups is 1.